The Bertz CT molecular complexity index is 1360. The van der Waals surface area contributed by atoms with Crippen LogP contribution in [0.4, 0.5) is 11.5 Å². The Morgan fingerprint density at radius 2 is 1.88 bits per heavy atom. The fourth-order valence-corrected chi connectivity index (χ4v) is 3.60. The summed E-state index contributed by atoms with van der Waals surface area (Å²) in [5.41, 5.74) is 6.87. The van der Waals surface area contributed by atoms with E-state index < -0.39 is 11.2 Å². The van der Waals surface area contributed by atoms with E-state index >= 15 is 0 Å². The summed E-state index contributed by atoms with van der Waals surface area (Å²) < 4.78 is 11.9. The Hall–Kier alpha value is -3.89. The molecular weight excluding hydrogens is 460 g/mol. The van der Waals surface area contributed by atoms with Gasteiger partial charge in [0.05, 0.1) is 19.7 Å². The summed E-state index contributed by atoms with van der Waals surface area (Å²) in [5, 5.41) is 4.61. The van der Waals surface area contributed by atoms with Crippen LogP contribution in [0.1, 0.15) is 11.5 Å². The van der Waals surface area contributed by atoms with Gasteiger partial charge in [0.1, 0.15) is 11.5 Å². The van der Waals surface area contributed by atoms with Crippen molar-refractivity contribution in [2.75, 3.05) is 30.9 Å². The van der Waals surface area contributed by atoms with E-state index in [1.54, 1.807) is 36.3 Å². The van der Waals surface area contributed by atoms with Crippen LogP contribution >= 0.6 is 11.6 Å². The van der Waals surface area contributed by atoms with E-state index in [1.807, 2.05) is 30.3 Å². The molecule has 0 bridgehead atoms. The lowest BCUT2D eigenvalue weighted by atomic mass is 10.2. The number of benzene rings is 2. The number of nitrogens with zero attached hydrogens (tertiary/aromatic N) is 4. The lowest BCUT2D eigenvalue weighted by Crippen LogP contribution is -2.39. The van der Waals surface area contributed by atoms with Gasteiger partial charge < -0.3 is 19.9 Å². The molecule has 0 unspecified atom stereocenters. The summed E-state index contributed by atoms with van der Waals surface area (Å²) >= 11 is 5.94. The van der Waals surface area contributed by atoms with Gasteiger partial charge in [-0.2, -0.15) is 4.98 Å². The number of nitrogen functional groups attached to an aromatic ring is 1. The molecule has 2 heterocycles. The minimum absolute atomic E-state index is 0.0335. The van der Waals surface area contributed by atoms with Crippen molar-refractivity contribution in [3.05, 3.63) is 91.9 Å². The number of nitrogens with one attached hydrogen (secondary N) is 1. The van der Waals surface area contributed by atoms with Crippen LogP contribution in [-0.2, 0) is 17.8 Å². The van der Waals surface area contributed by atoms with Crippen molar-refractivity contribution >= 4 is 23.1 Å². The lowest BCUT2D eigenvalue weighted by Gasteiger charge is -2.24. The average molecular weight is 483 g/mol. The van der Waals surface area contributed by atoms with Gasteiger partial charge in [0.2, 0.25) is 11.7 Å². The SMILES string of the molecule is COCCN(Cc1nc(-c2ccc(Cl)cc2)no1)c1c(N)n(Cc2ccccc2)c(=O)[nH]c1=O. The molecule has 0 saturated carbocycles. The highest BCUT2D eigenvalue weighted by Gasteiger charge is 2.22. The zero-order valence-electron chi connectivity index (χ0n) is 18.4. The summed E-state index contributed by atoms with van der Waals surface area (Å²) in [5.74, 6) is 0.682. The van der Waals surface area contributed by atoms with Crippen molar-refractivity contribution in [3.8, 4) is 11.4 Å². The molecule has 0 spiro atoms. The first-order valence-electron chi connectivity index (χ1n) is 10.4. The smallest absolute Gasteiger partial charge is 0.330 e. The van der Waals surface area contributed by atoms with Gasteiger partial charge in [0.15, 0.2) is 0 Å². The molecule has 0 radical (unpaired) electrons. The van der Waals surface area contributed by atoms with E-state index in [9.17, 15) is 9.59 Å². The zero-order valence-corrected chi connectivity index (χ0v) is 19.2. The second-order valence-electron chi connectivity index (χ2n) is 7.50. The molecule has 3 N–H and O–H groups in total. The Kier molecular flexibility index (Phi) is 7.09. The largest absolute Gasteiger partial charge is 0.383 e. The summed E-state index contributed by atoms with van der Waals surface area (Å²) in [6.45, 7) is 0.885. The number of hydrogen-bond acceptors (Lipinski definition) is 8. The number of halogens is 1. The van der Waals surface area contributed by atoms with Gasteiger partial charge in [-0.05, 0) is 29.8 Å². The number of hydrogen-bond donors (Lipinski definition) is 2. The maximum Gasteiger partial charge on any atom is 0.330 e. The fourth-order valence-electron chi connectivity index (χ4n) is 3.48. The maximum atomic E-state index is 12.8. The molecule has 0 fully saturated rings. The van der Waals surface area contributed by atoms with Crippen molar-refractivity contribution in [1.82, 2.24) is 19.7 Å². The van der Waals surface area contributed by atoms with Crippen molar-refractivity contribution in [1.29, 1.82) is 0 Å². The number of anilines is 2. The van der Waals surface area contributed by atoms with Crippen LogP contribution in [-0.4, -0.2) is 40.0 Å². The standard InChI is InChI=1S/C23H23ClN6O4/c1-33-12-11-29(14-18-26-21(28-34-18)16-7-9-17(24)10-8-16)19-20(25)30(23(32)27-22(19)31)13-15-5-3-2-4-6-15/h2-10H,11-14,25H2,1H3,(H,27,31,32). The highest BCUT2D eigenvalue weighted by Crippen LogP contribution is 2.22. The van der Waals surface area contributed by atoms with Crippen LogP contribution in [0.15, 0.2) is 68.7 Å². The van der Waals surface area contributed by atoms with E-state index in [1.165, 1.54) is 4.57 Å². The molecule has 2 aromatic carbocycles. The topological polar surface area (TPSA) is 132 Å². The second kappa shape index (κ2) is 10.4. The highest BCUT2D eigenvalue weighted by atomic mass is 35.5. The molecule has 0 atom stereocenters. The predicted molar refractivity (Wildman–Crippen MR) is 129 cm³/mol. The molecule has 10 nitrogen and oxygen atoms in total. The zero-order chi connectivity index (χ0) is 24.1. The monoisotopic (exact) mass is 482 g/mol. The molecule has 0 saturated heterocycles. The third kappa shape index (κ3) is 5.19. The lowest BCUT2D eigenvalue weighted by molar-refractivity contribution is 0.204. The molecule has 34 heavy (non-hydrogen) atoms. The van der Waals surface area contributed by atoms with Gasteiger partial charge in [-0.3, -0.25) is 14.3 Å². The summed E-state index contributed by atoms with van der Waals surface area (Å²) in [6, 6.07) is 16.4. The van der Waals surface area contributed by atoms with Crippen LogP contribution in [0.5, 0.6) is 0 Å². The van der Waals surface area contributed by atoms with Crippen molar-refractivity contribution < 1.29 is 9.26 Å². The van der Waals surface area contributed by atoms with Crippen LogP contribution in [0, 0.1) is 0 Å². The highest BCUT2D eigenvalue weighted by molar-refractivity contribution is 6.30. The van der Waals surface area contributed by atoms with Gasteiger partial charge in [-0.15, -0.1) is 0 Å². The van der Waals surface area contributed by atoms with E-state index in [4.69, 9.17) is 26.6 Å². The molecule has 0 aliphatic carbocycles. The van der Waals surface area contributed by atoms with Crippen LogP contribution in [0.3, 0.4) is 0 Å². The molecule has 176 valence electrons. The van der Waals surface area contributed by atoms with Gasteiger partial charge in [0, 0.05) is 24.2 Å². The summed E-state index contributed by atoms with van der Waals surface area (Å²) in [7, 11) is 1.55. The molecule has 2 aromatic heterocycles. The molecule has 0 amide bonds. The number of nitrogens with two attached hydrogens (primary N) is 1. The second-order valence-corrected chi connectivity index (χ2v) is 7.93. The van der Waals surface area contributed by atoms with E-state index in [0.29, 0.717) is 24.0 Å². The van der Waals surface area contributed by atoms with Gasteiger partial charge in [-0.1, -0.05) is 47.1 Å². The average Bonchev–Trinajstić information content (AvgIpc) is 3.29. The Morgan fingerprint density at radius 3 is 2.59 bits per heavy atom. The van der Waals surface area contributed by atoms with Crippen molar-refractivity contribution in [2.45, 2.75) is 13.1 Å². The van der Waals surface area contributed by atoms with Gasteiger partial charge >= 0.3 is 5.69 Å². The van der Waals surface area contributed by atoms with Gasteiger partial charge in [-0.25, -0.2) is 4.79 Å². The Balaban J connectivity index is 1.67. The molecule has 0 aliphatic heterocycles. The summed E-state index contributed by atoms with van der Waals surface area (Å²) in [4.78, 5) is 33.8. The van der Waals surface area contributed by atoms with Crippen LogP contribution < -0.4 is 21.9 Å². The van der Waals surface area contributed by atoms with E-state index in [0.717, 1.165) is 11.1 Å². The molecule has 4 aromatic rings. The third-order valence-corrected chi connectivity index (χ3v) is 5.43. The Morgan fingerprint density at radius 1 is 1.15 bits per heavy atom. The van der Waals surface area contributed by atoms with Gasteiger partial charge in [0.25, 0.3) is 5.56 Å². The number of ether oxygens (including phenoxy) is 1. The third-order valence-electron chi connectivity index (χ3n) is 5.18. The van der Waals surface area contributed by atoms with Crippen molar-refractivity contribution in [3.63, 3.8) is 0 Å². The maximum absolute atomic E-state index is 12.8. The quantitative estimate of drug-likeness (QED) is 0.372. The normalized spacial score (nSPS) is 11.0. The number of H-pyrrole nitrogens is 1. The first-order chi connectivity index (χ1) is 16.5. The van der Waals surface area contributed by atoms with E-state index in [-0.39, 0.29) is 30.5 Å². The van der Waals surface area contributed by atoms with Crippen molar-refractivity contribution in [2.24, 2.45) is 0 Å². The minimum atomic E-state index is -0.611. The van der Waals surface area contributed by atoms with Crippen LogP contribution in [0.25, 0.3) is 11.4 Å². The molecular formula is C23H23ClN6O4. The number of methoxy groups -OCH3 is 1. The Labute approximate surface area is 199 Å². The van der Waals surface area contributed by atoms with E-state index in [2.05, 4.69) is 15.1 Å². The first-order valence-corrected chi connectivity index (χ1v) is 10.8. The number of rotatable bonds is 9. The molecule has 4 rings (SSSR count). The number of aromatic amines is 1. The predicted octanol–water partition coefficient (Wildman–Crippen LogP) is 2.52. The molecule has 0 aliphatic rings. The van der Waals surface area contributed by atoms with Crippen LogP contribution in [0.2, 0.25) is 5.02 Å². The molecule has 11 heteroatoms. The number of aromatic nitrogens is 4. The first kappa shape index (κ1) is 23.3. The fraction of sp³-hybridized carbons (Fsp3) is 0.217. The minimum Gasteiger partial charge on any atom is -0.383 e. The summed E-state index contributed by atoms with van der Waals surface area (Å²) in [6.07, 6.45) is 0.